The number of benzene rings is 1. The number of nitrogens with one attached hydrogen (secondary N) is 1. The number of sulfonamides is 1. The molecule has 2 saturated carbocycles. The molecule has 2 aliphatic carbocycles. The number of piperidine rings is 1. The zero-order valence-electron chi connectivity index (χ0n) is 20.1. The molecule has 2 unspecified atom stereocenters. The van der Waals surface area contributed by atoms with E-state index < -0.39 is 10.0 Å². The number of halogens is 1. The van der Waals surface area contributed by atoms with E-state index in [-0.39, 0.29) is 29.1 Å². The molecule has 3 aliphatic rings. The summed E-state index contributed by atoms with van der Waals surface area (Å²) in [5.74, 6) is 1.03. The molecule has 190 valence electrons. The number of rotatable bonds is 8. The Morgan fingerprint density at radius 1 is 1.06 bits per heavy atom. The first-order chi connectivity index (χ1) is 17.0. The summed E-state index contributed by atoms with van der Waals surface area (Å²) < 4.78 is 48.8. The molecule has 9 heteroatoms. The van der Waals surface area contributed by atoms with Gasteiger partial charge in [-0.25, -0.2) is 17.5 Å². The Morgan fingerprint density at radius 2 is 1.89 bits per heavy atom. The molecular weight excluding hydrogens is 467 g/mol. The first-order valence-electron chi connectivity index (χ1n) is 12.9. The van der Waals surface area contributed by atoms with Crippen LogP contribution in [0.4, 0.5) is 10.2 Å². The number of aromatic nitrogens is 2. The topological polar surface area (TPSA) is 84.4 Å². The van der Waals surface area contributed by atoms with Crippen molar-refractivity contribution in [2.75, 3.05) is 24.6 Å². The minimum atomic E-state index is -3.31. The molecule has 1 saturated heterocycles. The van der Waals surface area contributed by atoms with E-state index in [4.69, 9.17) is 4.74 Å². The third kappa shape index (κ3) is 6.01. The second kappa shape index (κ2) is 10.9. The fourth-order valence-electron chi connectivity index (χ4n) is 5.60. The average molecular weight is 503 g/mol. The summed E-state index contributed by atoms with van der Waals surface area (Å²) >= 11 is 0. The second-order valence-electron chi connectivity index (χ2n) is 10.3. The Kier molecular flexibility index (Phi) is 7.65. The lowest BCUT2D eigenvalue weighted by molar-refractivity contribution is -0.00220. The van der Waals surface area contributed by atoms with Crippen LogP contribution in [0.25, 0.3) is 0 Å². The van der Waals surface area contributed by atoms with E-state index in [1.807, 2.05) is 18.2 Å². The van der Waals surface area contributed by atoms with Crippen molar-refractivity contribution in [1.29, 1.82) is 0 Å². The van der Waals surface area contributed by atoms with Crippen molar-refractivity contribution in [2.45, 2.75) is 74.7 Å². The van der Waals surface area contributed by atoms with Gasteiger partial charge in [0.1, 0.15) is 5.82 Å². The summed E-state index contributed by atoms with van der Waals surface area (Å²) in [5, 5.41) is 8.00. The van der Waals surface area contributed by atoms with Crippen molar-refractivity contribution < 1.29 is 17.5 Å². The van der Waals surface area contributed by atoms with Gasteiger partial charge in [0.05, 0.1) is 18.0 Å². The minimum Gasteiger partial charge on any atom is -0.378 e. The van der Waals surface area contributed by atoms with E-state index in [1.165, 1.54) is 6.07 Å². The van der Waals surface area contributed by atoms with Crippen molar-refractivity contribution >= 4 is 15.8 Å². The Labute approximate surface area is 207 Å². The van der Waals surface area contributed by atoms with Crippen molar-refractivity contribution in [2.24, 2.45) is 5.92 Å². The molecule has 5 rings (SSSR count). The predicted molar refractivity (Wildman–Crippen MR) is 133 cm³/mol. The standard InChI is InChI=1S/C26H35FN4O3S/c27-22-5-1-4-20(16-22)19-9-11-23(12-10-19)34-18-21-17-31(26-8-3-14-28-29-26)15-13-25(21)30-35(32,33)24-6-2-7-24/h1,3-5,8,14,16,19,21,23-25,30H,2,6-7,9-13,15,17-18H2. The highest BCUT2D eigenvalue weighted by Crippen LogP contribution is 2.35. The zero-order chi connectivity index (χ0) is 24.3. The SMILES string of the molecule is O=S(=O)(NC1CCN(c2cccnn2)CC1COC1CCC(c2cccc(F)c2)CC1)C1CCC1. The van der Waals surface area contributed by atoms with Gasteiger partial charge in [-0.05, 0) is 80.7 Å². The smallest absolute Gasteiger partial charge is 0.214 e. The molecule has 0 bridgehead atoms. The van der Waals surface area contributed by atoms with Gasteiger partial charge in [-0.15, -0.1) is 5.10 Å². The number of hydrogen-bond acceptors (Lipinski definition) is 6. The highest BCUT2D eigenvalue weighted by Gasteiger charge is 2.38. The van der Waals surface area contributed by atoms with Crippen molar-refractivity contribution in [3.05, 3.63) is 54.0 Å². The van der Waals surface area contributed by atoms with E-state index in [9.17, 15) is 12.8 Å². The van der Waals surface area contributed by atoms with E-state index in [1.54, 1.807) is 18.3 Å². The molecule has 1 N–H and O–H groups in total. The molecule has 1 aromatic heterocycles. The van der Waals surface area contributed by atoms with Gasteiger partial charge >= 0.3 is 0 Å². The van der Waals surface area contributed by atoms with Gasteiger partial charge < -0.3 is 9.64 Å². The van der Waals surface area contributed by atoms with Gasteiger partial charge in [0.25, 0.3) is 0 Å². The number of hydrogen-bond donors (Lipinski definition) is 1. The molecule has 2 aromatic rings. The molecule has 2 heterocycles. The summed E-state index contributed by atoms with van der Waals surface area (Å²) in [7, 11) is -3.31. The summed E-state index contributed by atoms with van der Waals surface area (Å²) in [6.45, 7) is 1.91. The van der Waals surface area contributed by atoms with Crippen LogP contribution in [0.3, 0.4) is 0 Å². The molecule has 3 fully saturated rings. The van der Waals surface area contributed by atoms with Crippen LogP contribution in [0.1, 0.15) is 62.8 Å². The van der Waals surface area contributed by atoms with E-state index >= 15 is 0 Å². The Bertz CT molecular complexity index is 1080. The van der Waals surface area contributed by atoms with Gasteiger partial charge in [0, 0.05) is 31.2 Å². The van der Waals surface area contributed by atoms with Crippen LogP contribution in [-0.4, -0.2) is 55.7 Å². The molecule has 1 aliphatic heterocycles. The lowest BCUT2D eigenvalue weighted by Crippen LogP contribution is -2.55. The second-order valence-corrected chi connectivity index (χ2v) is 12.3. The minimum absolute atomic E-state index is 0.0292. The number of ether oxygens (including phenoxy) is 1. The summed E-state index contributed by atoms with van der Waals surface area (Å²) in [6, 6.07) is 10.6. The van der Waals surface area contributed by atoms with Gasteiger partial charge in [0.2, 0.25) is 10.0 Å². The fourth-order valence-corrected chi connectivity index (χ4v) is 7.48. The molecule has 2 atom stereocenters. The molecule has 35 heavy (non-hydrogen) atoms. The van der Waals surface area contributed by atoms with Crippen molar-refractivity contribution in [3.8, 4) is 0 Å². The van der Waals surface area contributed by atoms with Crippen LogP contribution < -0.4 is 9.62 Å². The maximum atomic E-state index is 13.6. The first-order valence-corrected chi connectivity index (χ1v) is 14.4. The van der Waals surface area contributed by atoms with E-state index in [0.29, 0.717) is 25.5 Å². The monoisotopic (exact) mass is 502 g/mol. The van der Waals surface area contributed by atoms with Crippen LogP contribution in [0, 0.1) is 11.7 Å². The third-order valence-electron chi connectivity index (χ3n) is 7.96. The average Bonchev–Trinajstić information content (AvgIpc) is 2.83. The Morgan fingerprint density at radius 3 is 2.57 bits per heavy atom. The largest absolute Gasteiger partial charge is 0.378 e. The van der Waals surface area contributed by atoms with Gasteiger partial charge in [0.15, 0.2) is 5.82 Å². The first kappa shape index (κ1) is 24.6. The highest BCUT2D eigenvalue weighted by atomic mass is 32.2. The summed E-state index contributed by atoms with van der Waals surface area (Å²) in [5.41, 5.74) is 1.07. The third-order valence-corrected chi connectivity index (χ3v) is 9.94. The van der Waals surface area contributed by atoms with Gasteiger partial charge in [-0.1, -0.05) is 18.6 Å². The Balaban J connectivity index is 1.20. The summed E-state index contributed by atoms with van der Waals surface area (Å²) in [4.78, 5) is 2.18. The normalized spacial score (nSPS) is 28.0. The maximum absolute atomic E-state index is 13.6. The lowest BCUT2D eigenvalue weighted by atomic mass is 9.82. The quantitative estimate of drug-likeness (QED) is 0.587. The molecule has 0 amide bonds. The van der Waals surface area contributed by atoms with Crippen LogP contribution in [0.2, 0.25) is 0 Å². The predicted octanol–water partition coefficient (Wildman–Crippen LogP) is 4.03. The van der Waals surface area contributed by atoms with Crippen LogP contribution in [-0.2, 0) is 14.8 Å². The summed E-state index contributed by atoms with van der Waals surface area (Å²) in [6.07, 6.45) is 8.82. The highest BCUT2D eigenvalue weighted by molar-refractivity contribution is 7.90. The van der Waals surface area contributed by atoms with Gasteiger partial charge in [-0.2, -0.15) is 5.10 Å². The maximum Gasteiger partial charge on any atom is 0.214 e. The van der Waals surface area contributed by atoms with Gasteiger partial charge in [-0.3, -0.25) is 0 Å². The molecule has 7 nitrogen and oxygen atoms in total. The Hall–Kier alpha value is -2.10. The molecule has 0 spiro atoms. The van der Waals surface area contributed by atoms with Crippen molar-refractivity contribution in [3.63, 3.8) is 0 Å². The molecular formula is C26H35FN4O3S. The molecule has 1 aromatic carbocycles. The van der Waals surface area contributed by atoms with Crippen LogP contribution >= 0.6 is 0 Å². The molecule has 0 radical (unpaired) electrons. The van der Waals surface area contributed by atoms with Crippen LogP contribution in [0.5, 0.6) is 0 Å². The number of nitrogens with zero attached hydrogens (tertiary/aromatic N) is 3. The van der Waals surface area contributed by atoms with Crippen molar-refractivity contribution in [1.82, 2.24) is 14.9 Å². The van der Waals surface area contributed by atoms with Crippen LogP contribution in [0.15, 0.2) is 42.6 Å². The zero-order valence-corrected chi connectivity index (χ0v) is 20.9. The van der Waals surface area contributed by atoms with E-state index in [2.05, 4.69) is 19.8 Å². The van der Waals surface area contributed by atoms with E-state index in [0.717, 1.165) is 62.9 Å². The fraction of sp³-hybridized carbons (Fsp3) is 0.615. The lowest BCUT2D eigenvalue weighted by Gasteiger charge is -2.41. The number of anilines is 1.